The first-order chi connectivity index (χ1) is 21.4. The fourth-order valence-electron chi connectivity index (χ4n) is 6.12. The summed E-state index contributed by atoms with van der Waals surface area (Å²) in [5.74, 6) is 1.61. The van der Waals surface area contributed by atoms with Gasteiger partial charge in [0.05, 0.1) is 25.4 Å². The van der Waals surface area contributed by atoms with Crippen LogP contribution in [0.2, 0.25) is 0 Å². The summed E-state index contributed by atoms with van der Waals surface area (Å²) < 4.78 is 5.76. The third kappa shape index (κ3) is 6.19. The number of fused-ring (bicyclic) bond motifs is 1. The number of aromatic nitrogens is 2. The molecule has 3 aliphatic rings. The van der Waals surface area contributed by atoms with Crippen molar-refractivity contribution in [1.29, 1.82) is 0 Å². The number of ether oxygens (including phenoxy) is 1. The van der Waals surface area contributed by atoms with Gasteiger partial charge in [-0.1, -0.05) is 36.4 Å². The number of allylic oxidation sites excluding steroid dienone is 1. The summed E-state index contributed by atoms with van der Waals surface area (Å²) in [5.41, 5.74) is 3.77. The van der Waals surface area contributed by atoms with E-state index in [0.29, 0.717) is 50.1 Å². The van der Waals surface area contributed by atoms with E-state index < -0.39 is 0 Å². The summed E-state index contributed by atoms with van der Waals surface area (Å²) in [6.45, 7) is 7.70. The smallest absolute Gasteiger partial charge is 0.326 e. The first-order valence-corrected chi connectivity index (χ1v) is 15.2. The summed E-state index contributed by atoms with van der Waals surface area (Å²) in [7, 11) is 3.80. The van der Waals surface area contributed by atoms with Crippen LogP contribution in [0, 0.1) is 0 Å². The quantitative estimate of drug-likeness (QED) is 0.389. The maximum Gasteiger partial charge on any atom is 0.326 e. The number of likely N-dealkylation sites (tertiary alicyclic amines) is 1. The van der Waals surface area contributed by atoms with Crippen molar-refractivity contribution in [1.82, 2.24) is 24.7 Å². The average molecular weight is 597 g/mol. The largest absolute Gasteiger partial charge is 0.494 e. The van der Waals surface area contributed by atoms with E-state index in [2.05, 4.69) is 33.2 Å². The van der Waals surface area contributed by atoms with Crippen molar-refractivity contribution >= 4 is 35.1 Å². The minimum atomic E-state index is -0.200. The molecule has 6 rings (SSSR count). The molecule has 230 valence electrons. The number of likely N-dealkylation sites (N-methyl/N-ethyl adjacent to an activating group) is 1. The first-order valence-electron chi connectivity index (χ1n) is 15.2. The standard InChI is InChI=1S/C33H40N8O3/c1-4-8-30(42)39-14-13-27(23-39)41-31-25(22-40(33(41)43)21-24-9-6-5-7-10-24)20-34-32(36-31)35-28-12-11-26(19-29(28)44-3)38-17-15-37(2)16-18-38/h4-12,19-20,27H,13-18,21-23H2,1-3H3,(H,34,35,36)/b8-4+/t27-/m0/s1. The van der Waals surface area contributed by atoms with E-state index in [0.717, 1.165) is 48.7 Å². The van der Waals surface area contributed by atoms with Gasteiger partial charge < -0.3 is 29.7 Å². The molecule has 2 aromatic carbocycles. The van der Waals surface area contributed by atoms with Crippen LogP contribution in [0.5, 0.6) is 5.75 Å². The van der Waals surface area contributed by atoms with Crippen LogP contribution in [0.4, 0.5) is 27.9 Å². The zero-order valence-electron chi connectivity index (χ0n) is 25.6. The fraction of sp³-hybridized carbons (Fsp3) is 0.394. The predicted octanol–water partition coefficient (Wildman–Crippen LogP) is 4.10. The molecule has 2 saturated heterocycles. The minimum Gasteiger partial charge on any atom is -0.494 e. The Balaban J connectivity index is 1.28. The third-order valence-corrected chi connectivity index (χ3v) is 8.57. The molecule has 3 amide bonds. The molecule has 11 nitrogen and oxygen atoms in total. The van der Waals surface area contributed by atoms with E-state index in [1.807, 2.05) is 54.3 Å². The number of amides is 3. The van der Waals surface area contributed by atoms with Crippen LogP contribution in [0.3, 0.4) is 0 Å². The molecule has 3 aliphatic heterocycles. The van der Waals surface area contributed by atoms with Gasteiger partial charge in [-0.05, 0) is 44.2 Å². The Morgan fingerprint density at radius 1 is 1.09 bits per heavy atom. The molecular weight excluding hydrogens is 556 g/mol. The Kier molecular flexibility index (Phi) is 8.65. The lowest BCUT2D eigenvalue weighted by Crippen LogP contribution is -2.52. The Bertz CT molecular complexity index is 1520. The van der Waals surface area contributed by atoms with E-state index in [1.165, 1.54) is 0 Å². The number of methoxy groups -OCH3 is 1. The molecule has 1 N–H and O–H groups in total. The number of carbonyl (C=O) groups is 2. The molecule has 1 atom stereocenters. The molecule has 0 spiro atoms. The lowest BCUT2D eigenvalue weighted by Gasteiger charge is -2.39. The van der Waals surface area contributed by atoms with Crippen LogP contribution in [0.25, 0.3) is 0 Å². The molecule has 3 aromatic rings. The molecule has 1 aromatic heterocycles. The van der Waals surface area contributed by atoms with Gasteiger partial charge in [-0.3, -0.25) is 9.69 Å². The Morgan fingerprint density at radius 3 is 2.64 bits per heavy atom. The highest BCUT2D eigenvalue weighted by molar-refractivity contribution is 5.95. The molecule has 11 heteroatoms. The molecule has 0 unspecified atom stereocenters. The zero-order valence-corrected chi connectivity index (χ0v) is 25.6. The molecule has 44 heavy (non-hydrogen) atoms. The Morgan fingerprint density at radius 2 is 1.89 bits per heavy atom. The number of hydrogen-bond donors (Lipinski definition) is 1. The van der Waals surface area contributed by atoms with Crippen LogP contribution in [-0.2, 0) is 17.9 Å². The second-order valence-electron chi connectivity index (χ2n) is 11.6. The summed E-state index contributed by atoms with van der Waals surface area (Å²) >= 11 is 0. The number of urea groups is 1. The van der Waals surface area contributed by atoms with Crippen molar-refractivity contribution < 1.29 is 14.3 Å². The van der Waals surface area contributed by atoms with Crippen LogP contribution in [0.1, 0.15) is 24.5 Å². The summed E-state index contributed by atoms with van der Waals surface area (Å²) in [6.07, 6.45) is 5.78. The number of rotatable bonds is 8. The van der Waals surface area contributed by atoms with Gasteiger partial charge in [0.15, 0.2) is 0 Å². The minimum absolute atomic E-state index is 0.0435. The number of carbonyl (C=O) groups excluding carboxylic acids is 2. The normalized spacial score (nSPS) is 19.1. The third-order valence-electron chi connectivity index (χ3n) is 8.57. The Labute approximate surface area is 258 Å². The number of nitrogens with zero attached hydrogens (tertiary/aromatic N) is 7. The molecule has 2 fully saturated rings. The van der Waals surface area contributed by atoms with Gasteiger partial charge in [0, 0.05) is 69.3 Å². The topological polar surface area (TPSA) is 97.4 Å². The van der Waals surface area contributed by atoms with Crippen molar-refractivity contribution in [3.05, 3.63) is 78.0 Å². The highest BCUT2D eigenvalue weighted by Gasteiger charge is 2.40. The van der Waals surface area contributed by atoms with Crippen LogP contribution >= 0.6 is 0 Å². The molecular formula is C33H40N8O3. The number of hydrogen-bond acceptors (Lipinski definition) is 8. The fourth-order valence-corrected chi connectivity index (χ4v) is 6.12. The number of piperazine rings is 1. The van der Waals surface area contributed by atoms with Crippen molar-refractivity contribution in [3.8, 4) is 5.75 Å². The van der Waals surface area contributed by atoms with Crippen molar-refractivity contribution in [2.75, 3.05) is 68.5 Å². The molecule has 0 aliphatic carbocycles. The highest BCUT2D eigenvalue weighted by atomic mass is 16.5. The average Bonchev–Trinajstić information content (AvgIpc) is 3.53. The van der Waals surface area contributed by atoms with Gasteiger partial charge in [0.2, 0.25) is 11.9 Å². The van der Waals surface area contributed by atoms with Gasteiger partial charge in [0.25, 0.3) is 0 Å². The van der Waals surface area contributed by atoms with Gasteiger partial charge in [0.1, 0.15) is 11.6 Å². The van der Waals surface area contributed by atoms with E-state index in [9.17, 15) is 9.59 Å². The van der Waals surface area contributed by atoms with Crippen LogP contribution in [-0.4, -0.2) is 96.1 Å². The zero-order chi connectivity index (χ0) is 30.6. The second-order valence-corrected chi connectivity index (χ2v) is 11.6. The molecule has 4 heterocycles. The van der Waals surface area contributed by atoms with Gasteiger partial charge in [-0.25, -0.2) is 9.78 Å². The monoisotopic (exact) mass is 596 g/mol. The molecule has 0 bridgehead atoms. The van der Waals surface area contributed by atoms with Crippen LogP contribution in [0.15, 0.2) is 66.9 Å². The number of anilines is 4. The van der Waals surface area contributed by atoms with Crippen molar-refractivity contribution in [2.45, 2.75) is 32.5 Å². The van der Waals surface area contributed by atoms with Gasteiger partial charge in [-0.15, -0.1) is 0 Å². The highest BCUT2D eigenvalue weighted by Crippen LogP contribution is 2.35. The molecule has 0 radical (unpaired) electrons. The first kappa shape index (κ1) is 29.4. The van der Waals surface area contributed by atoms with E-state index >= 15 is 0 Å². The van der Waals surface area contributed by atoms with Gasteiger partial charge in [-0.2, -0.15) is 4.98 Å². The van der Waals surface area contributed by atoms with Gasteiger partial charge >= 0.3 is 6.03 Å². The summed E-state index contributed by atoms with van der Waals surface area (Å²) in [5, 5.41) is 3.33. The van der Waals surface area contributed by atoms with Crippen LogP contribution < -0.4 is 19.9 Å². The van der Waals surface area contributed by atoms with Crippen molar-refractivity contribution in [2.24, 2.45) is 0 Å². The Hall–Kier alpha value is -4.64. The lowest BCUT2D eigenvalue weighted by molar-refractivity contribution is -0.125. The SMILES string of the molecule is C/C=C/C(=O)N1CC[C@H](N2C(=O)N(Cc3ccccc3)Cc3cnc(Nc4ccc(N5CCN(C)CC5)cc4OC)nc32)C1. The van der Waals surface area contributed by atoms with E-state index in [4.69, 9.17) is 9.72 Å². The van der Waals surface area contributed by atoms with E-state index in [1.54, 1.807) is 35.3 Å². The van der Waals surface area contributed by atoms with E-state index in [-0.39, 0.29) is 18.0 Å². The van der Waals surface area contributed by atoms with Crippen molar-refractivity contribution in [3.63, 3.8) is 0 Å². The summed E-state index contributed by atoms with van der Waals surface area (Å²) in [4.78, 5) is 46.3. The lowest BCUT2D eigenvalue weighted by atomic mass is 10.1. The molecule has 0 saturated carbocycles. The summed E-state index contributed by atoms with van der Waals surface area (Å²) in [6, 6.07) is 15.8. The number of benzene rings is 2. The maximum absolute atomic E-state index is 14.1. The number of nitrogens with one attached hydrogen (secondary N) is 1. The maximum atomic E-state index is 14.1. The second kappa shape index (κ2) is 12.9. The predicted molar refractivity (Wildman–Crippen MR) is 171 cm³/mol.